The minimum Gasteiger partial charge on any atom is -0.449 e. The number of rotatable bonds is 6. The standard InChI is InChI=1S/C21H28BrClN2O2/c22-20-4-3-19(23)10-18(20)9-15-5-7-24(8-6-15)11-17-13-25(12-16-1-2-16)21(26)27-14-17/h3-4,10,15-17H,1-2,5-9,11-14H2. The van der Waals surface area contributed by atoms with E-state index in [0.717, 1.165) is 54.6 Å². The van der Waals surface area contributed by atoms with Gasteiger partial charge >= 0.3 is 6.09 Å². The van der Waals surface area contributed by atoms with Crippen molar-refractivity contribution in [3.8, 4) is 0 Å². The molecule has 1 amide bonds. The molecule has 1 aromatic rings. The molecule has 1 aromatic carbocycles. The van der Waals surface area contributed by atoms with Gasteiger partial charge in [-0.1, -0.05) is 27.5 Å². The topological polar surface area (TPSA) is 32.8 Å². The van der Waals surface area contributed by atoms with Crippen LogP contribution in [0, 0.1) is 17.8 Å². The minimum absolute atomic E-state index is 0.107. The average molecular weight is 456 g/mol. The van der Waals surface area contributed by atoms with E-state index in [-0.39, 0.29) is 6.09 Å². The smallest absolute Gasteiger partial charge is 0.409 e. The second-order valence-electron chi connectivity index (χ2n) is 8.48. The Morgan fingerprint density at radius 3 is 2.59 bits per heavy atom. The first kappa shape index (κ1) is 19.5. The van der Waals surface area contributed by atoms with Crippen LogP contribution in [0.5, 0.6) is 0 Å². The first-order chi connectivity index (χ1) is 13.1. The number of amides is 1. The number of carbonyl (C=O) groups is 1. The number of benzene rings is 1. The lowest BCUT2D eigenvalue weighted by molar-refractivity contribution is 0.0254. The summed E-state index contributed by atoms with van der Waals surface area (Å²) in [6.45, 7) is 5.65. The molecule has 4 rings (SSSR count). The Morgan fingerprint density at radius 1 is 1.07 bits per heavy atom. The van der Waals surface area contributed by atoms with Gasteiger partial charge in [-0.3, -0.25) is 0 Å². The van der Waals surface area contributed by atoms with Gasteiger partial charge in [0, 0.05) is 35.0 Å². The number of carbonyl (C=O) groups excluding carboxylic acids is 1. The molecular formula is C21H28BrClN2O2. The number of nitrogens with zero attached hydrogens (tertiary/aromatic N) is 2. The van der Waals surface area contributed by atoms with Crippen LogP contribution >= 0.6 is 27.5 Å². The predicted molar refractivity (Wildman–Crippen MR) is 111 cm³/mol. The van der Waals surface area contributed by atoms with Gasteiger partial charge < -0.3 is 14.5 Å². The molecule has 6 heteroatoms. The summed E-state index contributed by atoms with van der Waals surface area (Å²) in [4.78, 5) is 16.4. The van der Waals surface area contributed by atoms with E-state index >= 15 is 0 Å². The van der Waals surface area contributed by atoms with Gasteiger partial charge in [0.25, 0.3) is 0 Å². The first-order valence-corrected chi connectivity index (χ1v) is 11.3. The van der Waals surface area contributed by atoms with Crippen molar-refractivity contribution in [3.05, 3.63) is 33.3 Å². The highest BCUT2D eigenvalue weighted by atomic mass is 79.9. The number of piperidine rings is 1. The lowest BCUT2D eigenvalue weighted by atomic mass is 9.89. The maximum atomic E-state index is 11.9. The molecule has 0 aromatic heterocycles. The van der Waals surface area contributed by atoms with Gasteiger partial charge in [-0.25, -0.2) is 4.79 Å². The Morgan fingerprint density at radius 2 is 1.85 bits per heavy atom. The number of ether oxygens (including phenoxy) is 1. The fourth-order valence-corrected chi connectivity index (χ4v) is 4.94. The summed E-state index contributed by atoms with van der Waals surface area (Å²) in [7, 11) is 0. The van der Waals surface area contributed by atoms with E-state index in [4.69, 9.17) is 16.3 Å². The van der Waals surface area contributed by atoms with Crippen LogP contribution in [-0.2, 0) is 11.2 Å². The minimum atomic E-state index is -0.107. The molecule has 1 aliphatic carbocycles. The van der Waals surface area contributed by atoms with Crippen LogP contribution in [0.4, 0.5) is 4.79 Å². The van der Waals surface area contributed by atoms with Crippen LogP contribution in [-0.4, -0.2) is 55.2 Å². The highest BCUT2D eigenvalue weighted by molar-refractivity contribution is 9.10. The van der Waals surface area contributed by atoms with Crippen molar-refractivity contribution in [1.82, 2.24) is 9.80 Å². The number of halogens is 2. The second-order valence-corrected chi connectivity index (χ2v) is 9.77. The SMILES string of the molecule is O=C1OCC(CN2CCC(Cc3cc(Cl)ccc3Br)CC2)CN1CC1CC1. The van der Waals surface area contributed by atoms with E-state index in [1.165, 1.54) is 31.2 Å². The van der Waals surface area contributed by atoms with Crippen LogP contribution in [0.3, 0.4) is 0 Å². The molecule has 3 fully saturated rings. The molecule has 0 radical (unpaired) electrons. The van der Waals surface area contributed by atoms with Crippen molar-refractivity contribution in [2.75, 3.05) is 39.3 Å². The first-order valence-electron chi connectivity index (χ1n) is 10.1. The predicted octanol–water partition coefficient (Wildman–Crippen LogP) is 4.84. The van der Waals surface area contributed by atoms with Crippen LogP contribution in [0.15, 0.2) is 22.7 Å². The summed E-state index contributed by atoms with van der Waals surface area (Å²) in [6, 6.07) is 6.06. The molecule has 0 bridgehead atoms. The van der Waals surface area contributed by atoms with Gasteiger partial charge in [0.05, 0.1) is 6.61 Å². The van der Waals surface area contributed by atoms with E-state index in [1.54, 1.807) is 0 Å². The Kier molecular flexibility index (Phi) is 6.30. The maximum Gasteiger partial charge on any atom is 0.409 e. The molecule has 2 aliphatic heterocycles. The Balaban J connectivity index is 1.23. The van der Waals surface area contributed by atoms with Crippen molar-refractivity contribution >= 4 is 33.6 Å². The maximum absolute atomic E-state index is 11.9. The van der Waals surface area contributed by atoms with E-state index in [1.807, 2.05) is 17.0 Å². The third kappa shape index (κ3) is 5.39. The third-order valence-electron chi connectivity index (χ3n) is 6.09. The summed E-state index contributed by atoms with van der Waals surface area (Å²) in [5.74, 6) is 1.88. The normalized spacial score (nSPS) is 24.9. The Hall–Kier alpha value is -0.780. The van der Waals surface area contributed by atoms with Gasteiger partial charge in [0.2, 0.25) is 0 Å². The van der Waals surface area contributed by atoms with Crippen molar-refractivity contribution < 1.29 is 9.53 Å². The number of hydrogen-bond donors (Lipinski definition) is 0. The van der Waals surface area contributed by atoms with Crippen LogP contribution in [0.1, 0.15) is 31.2 Å². The van der Waals surface area contributed by atoms with Crippen LogP contribution in [0.25, 0.3) is 0 Å². The summed E-state index contributed by atoms with van der Waals surface area (Å²) in [6.07, 6.45) is 5.96. The molecule has 1 atom stereocenters. The van der Waals surface area contributed by atoms with E-state index in [9.17, 15) is 4.79 Å². The van der Waals surface area contributed by atoms with E-state index in [0.29, 0.717) is 18.4 Å². The van der Waals surface area contributed by atoms with Gasteiger partial charge in [-0.2, -0.15) is 0 Å². The number of hydrogen-bond acceptors (Lipinski definition) is 3. The summed E-state index contributed by atoms with van der Waals surface area (Å²) in [5, 5.41) is 0.813. The van der Waals surface area contributed by atoms with Gasteiger partial charge in [0.15, 0.2) is 0 Å². The van der Waals surface area contributed by atoms with Gasteiger partial charge in [0.1, 0.15) is 0 Å². The molecule has 148 valence electrons. The van der Waals surface area contributed by atoms with Crippen molar-refractivity contribution in [1.29, 1.82) is 0 Å². The lowest BCUT2D eigenvalue weighted by Crippen LogP contribution is -2.48. The van der Waals surface area contributed by atoms with Crippen molar-refractivity contribution in [2.45, 2.75) is 32.1 Å². The van der Waals surface area contributed by atoms with E-state index < -0.39 is 0 Å². The quantitative estimate of drug-likeness (QED) is 0.615. The number of cyclic esters (lactones) is 1. The number of likely N-dealkylation sites (tertiary alicyclic amines) is 1. The van der Waals surface area contributed by atoms with Crippen molar-refractivity contribution in [2.24, 2.45) is 17.8 Å². The van der Waals surface area contributed by atoms with Gasteiger partial charge in [-0.05, 0) is 80.8 Å². The second kappa shape index (κ2) is 8.71. The molecule has 0 N–H and O–H groups in total. The Bertz CT molecular complexity index is 674. The average Bonchev–Trinajstić information content (AvgIpc) is 3.47. The molecule has 1 unspecified atom stereocenters. The highest BCUT2D eigenvalue weighted by Gasteiger charge is 2.33. The zero-order valence-corrected chi connectivity index (χ0v) is 18.1. The molecule has 2 heterocycles. The molecule has 3 aliphatic rings. The summed E-state index contributed by atoms with van der Waals surface area (Å²) < 4.78 is 6.60. The van der Waals surface area contributed by atoms with Crippen LogP contribution in [0.2, 0.25) is 5.02 Å². The fourth-order valence-electron chi connectivity index (χ4n) is 4.34. The third-order valence-corrected chi connectivity index (χ3v) is 7.10. The molecule has 0 spiro atoms. The van der Waals surface area contributed by atoms with E-state index in [2.05, 4.69) is 26.9 Å². The van der Waals surface area contributed by atoms with Crippen LogP contribution < -0.4 is 0 Å². The lowest BCUT2D eigenvalue weighted by Gasteiger charge is -2.38. The largest absolute Gasteiger partial charge is 0.449 e. The molecule has 2 saturated heterocycles. The Labute approximate surface area is 175 Å². The molecule has 1 saturated carbocycles. The summed E-state index contributed by atoms with van der Waals surface area (Å²) in [5.41, 5.74) is 1.32. The summed E-state index contributed by atoms with van der Waals surface area (Å²) >= 11 is 9.81. The zero-order valence-electron chi connectivity index (χ0n) is 15.7. The van der Waals surface area contributed by atoms with Gasteiger partial charge in [-0.15, -0.1) is 0 Å². The molecular weight excluding hydrogens is 428 g/mol. The fraction of sp³-hybridized carbons (Fsp3) is 0.667. The zero-order chi connectivity index (χ0) is 18.8. The highest BCUT2D eigenvalue weighted by Crippen LogP contribution is 2.31. The van der Waals surface area contributed by atoms with Crippen molar-refractivity contribution in [3.63, 3.8) is 0 Å². The molecule has 4 nitrogen and oxygen atoms in total. The monoisotopic (exact) mass is 454 g/mol. The molecule has 27 heavy (non-hydrogen) atoms.